The molecule has 2 aromatic carbocycles. The number of aliphatic hydroxyl groups excluding tert-OH is 1. The molecule has 0 fully saturated rings. The van der Waals surface area contributed by atoms with Gasteiger partial charge in [0, 0.05) is 22.7 Å². The van der Waals surface area contributed by atoms with Crippen LogP contribution in [0.15, 0.2) is 82.0 Å². The van der Waals surface area contributed by atoms with Crippen molar-refractivity contribution in [3.05, 3.63) is 82.6 Å². The second kappa shape index (κ2) is 9.15. The normalized spacial score (nSPS) is 16.3. The lowest BCUT2D eigenvalue weighted by atomic mass is 10.1. The van der Waals surface area contributed by atoms with Gasteiger partial charge in [-0.1, -0.05) is 48.2 Å². The average molecular weight is 449 g/mol. The Hall–Kier alpha value is -3.78. The van der Waals surface area contributed by atoms with Crippen molar-refractivity contribution < 1.29 is 24.5 Å². The lowest BCUT2D eigenvalue weighted by Gasteiger charge is -2.03. The molecule has 0 saturated carbocycles. The topological polar surface area (TPSA) is 101 Å². The van der Waals surface area contributed by atoms with Gasteiger partial charge >= 0.3 is 11.9 Å². The molecule has 0 bridgehead atoms. The van der Waals surface area contributed by atoms with E-state index in [1.54, 1.807) is 35.9 Å². The molecular formula is C24H20N2O5S. The molecule has 0 atom stereocenters. The minimum Gasteiger partial charge on any atom is -0.506 e. The van der Waals surface area contributed by atoms with Crippen molar-refractivity contribution in [3.8, 4) is 0 Å². The lowest BCUT2D eigenvalue weighted by molar-refractivity contribution is -0.138. The number of nitrogens with zero attached hydrogens (tertiary/aromatic N) is 2. The predicted octanol–water partition coefficient (Wildman–Crippen LogP) is 4.92. The number of carboxylic acids is 1. The largest absolute Gasteiger partial charge is 0.506 e. The van der Waals surface area contributed by atoms with Crippen LogP contribution in [0.5, 0.6) is 0 Å². The van der Waals surface area contributed by atoms with Crippen LogP contribution in [0.4, 0.5) is 5.69 Å². The summed E-state index contributed by atoms with van der Waals surface area (Å²) in [5.74, 6) is -1.81. The molecule has 0 aliphatic carbocycles. The Morgan fingerprint density at radius 1 is 1.12 bits per heavy atom. The standard InChI is InChI=1S/C24H20N2O5S/c1-2-31-24(30)21-22(29)19(32-23(21)25-16-8-4-3-5-9-16)12-15-13-26(14-20(27)28)18-11-7-6-10-17(15)18/h3-13,29H,2,14H2,1H3,(H,27,28)/b19-12-,25-23?. The van der Waals surface area contributed by atoms with Gasteiger partial charge in [0.05, 0.1) is 17.2 Å². The number of hydrogen-bond donors (Lipinski definition) is 2. The molecule has 3 aromatic rings. The molecule has 1 aliphatic heterocycles. The fraction of sp³-hybridized carbons (Fsp3) is 0.125. The second-order valence-electron chi connectivity index (χ2n) is 6.93. The van der Waals surface area contributed by atoms with Crippen LogP contribution in [-0.4, -0.2) is 38.4 Å². The molecule has 0 spiro atoms. The first-order valence-corrected chi connectivity index (χ1v) is 10.7. The highest BCUT2D eigenvalue weighted by atomic mass is 32.2. The lowest BCUT2D eigenvalue weighted by Crippen LogP contribution is -2.12. The molecule has 32 heavy (non-hydrogen) atoms. The third kappa shape index (κ3) is 4.31. The number of aliphatic carboxylic acids is 1. The van der Waals surface area contributed by atoms with Gasteiger partial charge in [0.15, 0.2) is 0 Å². The van der Waals surface area contributed by atoms with E-state index in [-0.39, 0.29) is 24.5 Å². The number of hydrogen-bond acceptors (Lipinski definition) is 6. The second-order valence-corrected chi connectivity index (χ2v) is 7.96. The van der Waals surface area contributed by atoms with Crippen LogP contribution in [-0.2, 0) is 20.9 Å². The first kappa shape index (κ1) is 21.5. The molecule has 2 N–H and O–H groups in total. The number of fused-ring (bicyclic) bond motifs is 1. The number of carbonyl (C=O) groups excluding carboxylic acids is 1. The third-order valence-electron chi connectivity index (χ3n) is 4.77. The van der Waals surface area contributed by atoms with Crippen LogP contribution in [0.1, 0.15) is 12.5 Å². The van der Waals surface area contributed by atoms with Gasteiger partial charge < -0.3 is 19.5 Å². The Morgan fingerprint density at radius 3 is 2.56 bits per heavy atom. The van der Waals surface area contributed by atoms with Crippen LogP contribution in [0, 0.1) is 0 Å². The zero-order valence-electron chi connectivity index (χ0n) is 17.2. The summed E-state index contributed by atoms with van der Waals surface area (Å²) in [6.07, 6.45) is 3.45. The summed E-state index contributed by atoms with van der Waals surface area (Å²) < 4.78 is 6.77. The smallest absolute Gasteiger partial charge is 0.344 e. The maximum absolute atomic E-state index is 12.6. The van der Waals surface area contributed by atoms with E-state index >= 15 is 0 Å². The predicted molar refractivity (Wildman–Crippen MR) is 125 cm³/mol. The van der Waals surface area contributed by atoms with E-state index in [2.05, 4.69) is 4.99 Å². The van der Waals surface area contributed by atoms with Crippen molar-refractivity contribution in [2.24, 2.45) is 4.99 Å². The number of carbonyl (C=O) groups is 2. The highest BCUT2D eigenvalue weighted by Gasteiger charge is 2.33. The molecule has 162 valence electrons. The number of ether oxygens (including phenoxy) is 1. The Kier molecular flexibility index (Phi) is 6.13. The minimum atomic E-state index is -0.954. The highest BCUT2D eigenvalue weighted by Crippen LogP contribution is 2.41. The van der Waals surface area contributed by atoms with Crippen LogP contribution in [0.3, 0.4) is 0 Å². The maximum Gasteiger partial charge on any atom is 0.344 e. The molecule has 2 heterocycles. The van der Waals surface area contributed by atoms with Crippen LogP contribution < -0.4 is 0 Å². The number of aliphatic hydroxyl groups is 1. The van der Waals surface area contributed by atoms with Crippen molar-refractivity contribution in [3.63, 3.8) is 0 Å². The first-order chi connectivity index (χ1) is 15.5. The Bertz CT molecular complexity index is 1290. The number of esters is 1. The maximum atomic E-state index is 12.6. The Morgan fingerprint density at radius 2 is 1.84 bits per heavy atom. The van der Waals surface area contributed by atoms with E-state index in [4.69, 9.17) is 4.74 Å². The number of aromatic nitrogens is 1. The summed E-state index contributed by atoms with van der Waals surface area (Å²) in [4.78, 5) is 28.8. The van der Waals surface area contributed by atoms with Gasteiger partial charge in [-0.3, -0.25) is 4.79 Å². The third-order valence-corrected chi connectivity index (χ3v) is 5.79. The van der Waals surface area contributed by atoms with Crippen molar-refractivity contribution in [1.82, 2.24) is 4.57 Å². The van der Waals surface area contributed by atoms with Crippen molar-refractivity contribution in [1.29, 1.82) is 0 Å². The molecule has 1 aromatic heterocycles. The van der Waals surface area contributed by atoms with Gasteiger partial charge in [0.2, 0.25) is 0 Å². The fourth-order valence-electron chi connectivity index (χ4n) is 3.42. The minimum absolute atomic E-state index is 0.0150. The molecule has 8 heteroatoms. The van der Waals surface area contributed by atoms with E-state index in [9.17, 15) is 19.8 Å². The van der Waals surface area contributed by atoms with Crippen molar-refractivity contribution in [2.45, 2.75) is 13.5 Å². The number of thioether (sulfide) groups is 1. The Labute approximate surface area is 188 Å². The summed E-state index contributed by atoms with van der Waals surface area (Å²) in [6, 6.07) is 16.5. The van der Waals surface area contributed by atoms with Crippen LogP contribution >= 0.6 is 11.8 Å². The van der Waals surface area contributed by atoms with Gasteiger partial charge in [-0.05, 0) is 31.2 Å². The molecule has 1 aliphatic rings. The van der Waals surface area contributed by atoms with E-state index < -0.39 is 11.9 Å². The molecule has 0 saturated heterocycles. The quantitative estimate of drug-likeness (QED) is 0.519. The van der Waals surface area contributed by atoms with E-state index in [1.807, 2.05) is 42.5 Å². The summed E-state index contributed by atoms with van der Waals surface area (Å²) in [5.41, 5.74) is 2.14. The van der Waals surface area contributed by atoms with Crippen molar-refractivity contribution >= 4 is 51.4 Å². The van der Waals surface area contributed by atoms with Crippen LogP contribution in [0.25, 0.3) is 17.0 Å². The van der Waals surface area contributed by atoms with E-state index in [0.717, 1.165) is 28.2 Å². The van der Waals surface area contributed by atoms with Gasteiger partial charge in [-0.15, -0.1) is 0 Å². The van der Waals surface area contributed by atoms with Crippen LogP contribution in [0.2, 0.25) is 0 Å². The van der Waals surface area contributed by atoms with Gasteiger partial charge in [-0.2, -0.15) is 0 Å². The summed E-state index contributed by atoms with van der Waals surface area (Å²) in [6.45, 7) is 1.67. The first-order valence-electron chi connectivity index (χ1n) is 9.92. The van der Waals surface area contributed by atoms with E-state index in [0.29, 0.717) is 15.6 Å². The monoisotopic (exact) mass is 448 g/mol. The fourth-order valence-corrected chi connectivity index (χ4v) is 4.45. The Balaban J connectivity index is 1.81. The molecule has 0 amide bonds. The zero-order valence-corrected chi connectivity index (χ0v) is 18.0. The van der Waals surface area contributed by atoms with Gasteiger partial charge in [0.1, 0.15) is 22.9 Å². The molecule has 0 radical (unpaired) electrons. The molecule has 4 rings (SSSR count). The van der Waals surface area contributed by atoms with Gasteiger partial charge in [-0.25, -0.2) is 9.79 Å². The van der Waals surface area contributed by atoms with Gasteiger partial charge in [0.25, 0.3) is 0 Å². The molecular weight excluding hydrogens is 428 g/mol. The summed E-state index contributed by atoms with van der Waals surface area (Å²) >= 11 is 1.16. The molecule has 0 unspecified atom stereocenters. The number of benzene rings is 2. The molecule has 7 nitrogen and oxygen atoms in total. The average Bonchev–Trinajstić information content (AvgIpc) is 3.26. The number of aliphatic imine (C=N–C) groups is 1. The number of rotatable bonds is 6. The zero-order chi connectivity index (χ0) is 22.7. The summed E-state index contributed by atoms with van der Waals surface area (Å²) in [5, 5.41) is 21.3. The highest BCUT2D eigenvalue weighted by molar-refractivity contribution is 8.18. The summed E-state index contributed by atoms with van der Waals surface area (Å²) in [7, 11) is 0. The number of carboxylic acid groups (broad SMARTS) is 1. The van der Waals surface area contributed by atoms with Crippen molar-refractivity contribution in [2.75, 3.05) is 6.61 Å². The van der Waals surface area contributed by atoms with E-state index in [1.165, 1.54) is 0 Å². The SMILES string of the molecule is CCOC(=O)C1=C(O)/C(=C/c2cn(CC(=O)O)c3ccccc23)SC1=Nc1ccccc1. The number of para-hydroxylation sites is 2.